The van der Waals surface area contributed by atoms with Gasteiger partial charge in [0.15, 0.2) is 0 Å². The standard InChI is InChI=1S/C13H12N4O.V/c1-9-12(13(15)17-8-16-9)5-4-10-2-3-11(18-10)6-7-14;/h2-3,5-8H,1,14H2,(H2,15,16,17);/b7-6+,12-5+;. The molecule has 0 saturated carbocycles. The Morgan fingerprint density at radius 2 is 2.16 bits per heavy atom. The summed E-state index contributed by atoms with van der Waals surface area (Å²) in [6.45, 7) is 3.82. The van der Waals surface area contributed by atoms with Gasteiger partial charge in [-0.15, -0.1) is 0 Å². The van der Waals surface area contributed by atoms with E-state index >= 15 is 0 Å². The summed E-state index contributed by atoms with van der Waals surface area (Å²) in [6, 6.07) is 3.68. The molecule has 5 nitrogen and oxygen atoms in total. The summed E-state index contributed by atoms with van der Waals surface area (Å²) in [4.78, 5) is 7.95. The molecule has 0 amide bonds. The molecule has 2 heterocycles. The first kappa shape index (κ1) is 13.3. The van der Waals surface area contributed by atoms with Crippen LogP contribution in [-0.2, 0) is 17.0 Å². The fraction of sp³-hybridized carbons (Fsp3) is 0. The van der Waals surface area contributed by atoms with Gasteiger partial charge >= 0.3 is 118 Å². The number of nitrogens with two attached hydrogens (primary N) is 2. The molecule has 0 atom stereocenters. The monoisotopic (exact) mass is 291 g/mol. The third kappa shape index (κ3) is 3.02. The molecule has 0 aliphatic heterocycles. The van der Waals surface area contributed by atoms with Crippen LogP contribution in [0.4, 0.5) is 5.82 Å². The van der Waals surface area contributed by atoms with Crippen molar-refractivity contribution in [2.75, 3.05) is 5.73 Å². The summed E-state index contributed by atoms with van der Waals surface area (Å²) >= 11 is 2.42. The maximum absolute atomic E-state index is 5.80. The molecule has 4 N–H and O–H groups in total. The number of anilines is 1. The Kier molecular flexibility index (Phi) is 3.99. The molecule has 2 rings (SSSR count). The van der Waals surface area contributed by atoms with Gasteiger partial charge < -0.3 is 0 Å². The Morgan fingerprint density at radius 3 is 2.84 bits per heavy atom. The van der Waals surface area contributed by atoms with E-state index in [9.17, 15) is 0 Å². The van der Waals surface area contributed by atoms with Gasteiger partial charge in [0.2, 0.25) is 0 Å². The average molecular weight is 291 g/mol. The molecular weight excluding hydrogens is 279 g/mol. The number of rotatable bonds is 3. The molecule has 19 heavy (non-hydrogen) atoms. The van der Waals surface area contributed by atoms with Crippen molar-refractivity contribution in [3.05, 3.63) is 46.7 Å². The second kappa shape index (κ2) is 5.69. The molecule has 0 aromatic carbocycles. The van der Waals surface area contributed by atoms with Gasteiger partial charge in [0.25, 0.3) is 0 Å². The summed E-state index contributed by atoms with van der Waals surface area (Å²) in [5, 5.41) is 1.26. The van der Waals surface area contributed by atoms with Crippen LogP contribution in [0.25, 0.3) is 18.7 Å². The van der Waals surface area contributed by atoms with Crippen LogP contribution in [0, 0.1) is 0 Å². The SMILES string of the molecule is C=c1ncnc(N)/c1=C/[C](=[V])c1ccc(/C=C/N)o1. The van der Waals surface area contributed by atoms with E-state index in [0.717, 1.165) is 4.23 Å². The number of furan rings is 1. The maximum atomic E-state index is 5.80. The van der Waals surface area contributed by atoms with E-state index in [1.165, 1.54) is 12.5 Å². The van der Waals surface area contributed by atoms with Crippen molar-refractivity contribution in [3.8, 4) is 0 Å². The third-order valence-corrected chi connectivity index (χ3v) is 2.96. The second-order valence-corrected chi connectivity index (χ2v) is 4.46. The quantitative estimate of drug-likeness (QED) is 0.798. The number of hydrogen-bond acceptors (Lipinski definition) is 5. The van der Waals surface area contributed by atoms with Crippen molar-refractivity contribution in [2.24, 2.45) is 5.73 Å². The van der Waals surface area contributed by atoms with Crippen LogP contribution >= 0.6 is 0 Å². The summed E-state index contributed by atoms with van der Waals surface area (Å²) in [5.41, 5.74) is 11.1. The zero-order valence-electron chi connectivity index (χ0n) is 10.1. The summed E-state index contributed by atoms with van der Waals surface area (Å²) in [7, 11) is 0. The minimum atomic E-state index is 0.386. The summed E-state index contributed by atoms with van der Waals surface area (Å²) in [6.07, 6.45) is 6.31. The number of aromatic nitrogens is 2. The van der Waals surface area contributed by atoms with Crippen molar-refractivity contribution in [2.45, 2.75) is 0 Å². The molecule has 0 aliphatic rings. The van der Waals surface area contributed by atoms with E-state index in [0.29, 0.717) is 27.9 Å². The van der Waals surface area contributed by atoms with Crippen LogP contribution in [0.5, 0.6) is 0 Å². The van der Waals surface area contributed by atoms with Crippen molar-refractivity contribution < 1.29 is 21.4 Å². The van der Waals surface area contributed by atoms with Crippen molar-refractivity contribution in [3.63, 3.8) is 0 Å². The fourth-order valence-electron chi connectivity index (χ4n) is 1.49. The molecular formula is C13H12N4OV. The number of nitrogens with zero attached hydrogens (tertiary/aromatic N) is 2. The molecule has 0 saturated heterocycles. The molecule has 0 fully saturated rings. The van der Waals surface area contributed by atoms with Gasteiger partial charge in [-0.1, -0.05) is 0 Å². The van der Waals surface area contributed by atoms with Gasteiger partial charge in [-0.2, -0.15) is 0 Å². The Hall–Kier alpha value is -2.11. The molecule has 0 aliphatic carbocycles. The van der Waals surface area contributed by atoms with Crippen molar-refractivity contribution >= 4 is 28.8 Å². The predicted molar refractivity (Wildman–Crippen MR) is 71.7 cm³/mol. The van der Waals surface area contributed by atoms with Crippen LogP contribution in [0.2, 0.25) is 0 Å². The van der Waals surface area contributed by atoms with Crippen LogP contribution in [0.1, 0.15) is 11.5 Å². The van der Waals surface area contributed by atoms with Crippen LogP contribution in [0.3, 0.4) is 0 Å². The van der Waals surface area contributed by atoms with Gasteiger partial charge in [0.05, 0.1) is 0 Å². The number of nitrogen functional groups attached to an aromatic ring is 1. The van der Waals surface area contributed by atoms with E-state index in [-0.39, 0.29) is 0 Å². The van der Waals surface area contributed by atoms with Gasteiger partial charge in [-0.3, -0.25) is 0 Å². The topological polar surface area (TPSA) is 91.0 Å². The third-order valence-electron chi connectivity index (χ3n) is 2.42. The van der Waals surface area contributed by atoms with E-state index in [1.54, 1.807) is 6.08 Å². The molecule has 2 aromatic rings. The minimum absolute atomic E-state index is 0.386. The first-order valence-corrected chi connectivity index (χ1v) is 6.13. The van der Waals surface area contributed by atoms with E-state index in [2.05, 4.69) is 33.5 Å². The predicted octanol–water partition coefficient (Wildman–Crippen LogP) is -0.460. The zero-order valence-corrected chi connectivity index (χ0v) is 11.5. The van der Waals surface area contributed by atoms with Gasteiger partial charge in [-0.25, -0.2) is 0 Å². The van der Waals surface area contributed by atoms with Crippen molar-refractivity contribution in [1.82, 2.24) is 9.97 Å². The van der Waals surface area contributed by atoms with Gasteiger partial charge in [0.1, 0.15) is 0 Å². The molecule has 0 radical (unpaired) electrons. The molecule has 0 bridgehead atoms. The molecule has 0 spiro atoms. The van der Waals surface area contributed by atoms with Crippen LogP contribution in [0.15, 0.2) is 29.1 Å². The van der Waals surface area contributed by atoms with Gasteiger partial charge in [0, 0.05) is 0 Å². The molecule has 6 heteroatoms. The summed E-state index contributed by atoms with van der Waals surface area (Å²) in [5.74, 6) is 1.77. The first-order chi connectivity index (χ1) is 9.11. The number of hydrogen-bond donors (Lipinski definition) is 2. The Morgan fingerprint density at radius 1 is 1.37 bits per heavy atom. The zero-order chi connectivity index (χ0) is 13.8. The Bertz CT molecular complexity index is 748. The van der Waals surface area contributed by atoms with Gasteiger partial charge in [-0.05, 0) is 0 Å². The van der Waals surface area contributed by atoms with E-state index < -0.39 is 0 Å². The Labute approximate surface area is 118 Å². The van der Waals surface area contributed by atoms with Crippen LogP contribution in [-0.4, -0.2) is 14.2 Å². The van der Waals surface area contributed by atoms with Crippen LogP contribution < -0.4 is 22.0 Å². The summed E-state index contributed by atoms with van der Waals surface area (Å²) < 4.78 is 6.43. The fourth-order valence-corrected chi connectivity index (χ4v) is 1.88. The van der Waals surface area contributed by atoms with E-state index in [1.807, 2.05) is 18.2 Å². The van der Waals surface area contributed by atoms with Crippen molar-refractivity contribution in [1.29, 1.82) is 0 Å². The normalized spacial score (nSPS) is 12.1. The second-order valence-electron chi connectivity index (χ2n) is 3.71. The molecule has 2 aromatic heterocycles. The first-order valence-electron chi connectivity index (χ1n) is 5.43. The average Bonchev–Trinajstić information content (AvgIpc) is 2.83. The molecule has 95 valence electrons. The molecule has 0 unspecified atom stereocenters. The van der Waals surface area contributed by atoms with E-state index in [4.69, 9.17) is 15.9 Å². The Balaban J connectivity index is 2.42.